The van der Waals surface area contributed by atoms with Gasteiger partial charge in [-0.3, -0.25) is 0 Å². The minimum absolute atomic E-state index is 0.0335. The molecule has 1 fully saturated rings. The Hall–Kier alpha value is -1.92. The summed E-state index contributed by atoms with van der Waals surface area (Å²) in [7, 11) is 0. The lowest BCUT2D eigenvalue weighted by molar-refractivity contribution is -0.144. The summed E-state index contributed by atoms with van der Waals surface area (Å²) >= 11 is 0. The molecule has 124 valence electrons. The van der Waals surface area contributed by atoms with Gasteiger partial charge in [-0.15, -0.1) is 0 Å². The molecule has 1 aliphatic carbocycles. The summed E-state index contributed by atoms with van der Waals surface area (Å²) in [5.41, 5.74) is 0.0830. The second-order valence-electron chi connectivity index (χ2n) is 6.07. The van der Waals surface area contributed by atoms with Gasteiger partial charge in [0.2, 0.25) is 5.82 Å². The summed E-state index contributed by atoms with van der Waals surface area (Å²) in [5.74, 6) is -1.35. The first kappa shape index (κ1) is 16.0. The molecule has 3 nitrogen and oxygen atoms in total. The molecule has 7 heteroatoms. The highest BCUT2D eigenvalue weighted by Gasteiger charge is 2.36. The lowest BCUT2D eigenvalue weighted by Gasteiger charge is -2.30. The molecule has 1 N–H and O–H groups in total. The van der Waals surface area contributed by atoms with Crippen molar-refractivity contribution in [1.29, 1.82) is 0 Å². The minimum atomic E-state index is -4.64. The molecule has 0 amide bonds. The Morgan fingerprint density at radius 2 is 1.87 bits per heavy atom. The predicted molar refractivity (Wildman–Crippen MR) is 79.5 cm³/mol. The number of anilines is 1. The molecule has 1 aromatic heterocycles. The molecule has 0 bridgehead atoms. The molecule has 1 saturated carbocycles. The molecule has 1 heterocycles. The zero-order valence-electron chi connectivity index (χ0n) is 12.6. The highest BCUT2D eigenvalue weighted by atomic mass is 19.4. The highest BCUT2D eigenvalue weighted by Crippen LogP contribution is 2.33. The number of nitrogens with zero attached hydrogens (tertiary/aromatic N) is 2. The van der Waals surface area contributed by atoms with Gasteiger partial charge < -0.3 is 5.32 Å². The van der Waals surface area contributed by atoms with Crippen molar-refractivity contribution in [3.05, 3.63) is 29.8 Å². The molecule has 0 saturated heterocycles. The van der Waals surface area contributed by atoms with Crippen LogP contribution in [0.3, 0.4) is 0 Å². The van der Waals surface area contributed by atoms with E-state index in [4.69, 9.17) is 0 Å². The number of benzene rings is 1. The van der Waals surface area contributed by atoms with E-state index in [9.17, 15) is 17.6 Å². The Labute approximate surface area is 131 Å². The van der Waals surface area contributed by atoms with Crippen LogP contribution in [0.15, 0.2) is 18.2 Å². The van der Waals surface area contributed by atoms with Crippen molar-refractivity contribution < 1.29 is 17.6 Å². The van der Waals surface area contributed by atoms with E-state index in [-0.39, 0.29) is 22.8 Å². The van der Waals surface area contributed by atoms with Crippen LogP contribution in [-0.4, -0.2) is 16.0 Å². The molecular weight excluding hydrogens is 310 g/mol. The van der Waals surface area contributed by atoms with Crippen molar-refractivity contribution in [3.8, 4) is 0 Å². The van der Waals surface area contributed by atoms with Crippen LogP contribution >= 0.6 is 0 Å². The molecule has 2 atom stereocenters. The lowest BCUT2D eigenvalue weighted by Crippen LogP contribution is -2.31. The molecule has 0 radical (unpaired) electrons. The summed E-state index contributed by atoms with van der Waals surface area (Å²) in [6.07, 6.45) is -0.625. The van der Waals surface area contributed by atoms with E-state index in [2.05, 4.69) is 22.2 Å². The molecule has 3 rings (SSSR count). The third-order valence-corrected chi connectivity index (χ3v) is 4.34. The Morgan fingerprint density at radius 1 is 1.13 bits per heavy atom. The van der Waals surface area contributed by atoms with E-state index in [0.717, 1.165) is 31.7 Å². The fourth-order valence-electron chi connectivity index (χ4n) is 3.04. The van der Waals surface area contributed by atoms with E-state index in [1.807, 2.05) is 0 Å². The molecule has 0 aliphatic heterocycles. The van der Waals surface area contributed by atoms with Gasteiger partial charge >= 0.3 is 6.18 Å². The number of hydrogen-bond donors (Lipinski definition) is 1. The highest BCUT2D eigenvalue weighted by molar-refractivity contribution is 5.89. The van der Waals surface area contributed by atoms with E-state index in [0.29, 0.717) is 5.92 Å². The summed E-state index contributed by atoms with van der Waals surface area (Å²) in [6, 6.07) is 3.55. The van der Waals surface area contributed by atoms with Crippen LogP contribution in [0.1, 0.15) is 38.4 Å². The fourth-order valence-corrected chi connectivity index (χ4v) is 3.04. The second-order valence-corrected chi connectivity index (χ2v) is 6.07. The summed E-state index contributed by atoms with van der Waals surface area (Å²) in [5, 5.41) is 3.37. The number of rotatable bonds is 2. The van der Waals surface area contributed by atoms with Crippen LogP contribution in [-0.2, 0) is 6.18 Å². The van der Waals surface area contributed by atoms with Crippen molar-refractivity contribution in [1.82, 2.24) is 9.97 Å². The predicted octanol–water partition coefficient (Wildman–Crippen LogP) is 4.78. The van der Waals surface area contributed by atoms with Crippen LogP contribution in [0.5, 0.6) is 0 Å². The van der Waals surface area contributed by atoms with Crippen LogP contribution in [0, 0.1) is 11.7 Å². The zero-order valence-corrected chi connectivity index (χ0v) is 12.6. The minimum Gasteiger partial charge on any atom is -0.366 e. The van der Waals surface area contributed by atoms with Crippen LogP contribution in [0.2, 0.25) is 0 Å². The molecule has 2 unspecified atom stereocenters. The van der Waals surface area contributed by atoms with Crippen molar-refractivity contribution >= 4 is 16.7 Å². The number of nitrogens with one attached hydrogen (secondary N) is 1. The van der Waals surface area contributed by atoms with Crippen molar-refractivity contribution in [2.75, 3.05) is 5.32 Å². The maximum Gasteiger partial charge on any atom is 0.451 e. The van der Waals surface area contributed by atoms with Crippen molar-refractivity contribution in [2.45, 2.75) is 44.8 Å². The summed E-state index contributed by atoms with van der Waals surface area (Å²) in [6.45, 7) is 2.06. The zero-order chi connectivity index (χ0) is 16.6. The third kappa shape index (κ3) is 3.38. The molecular formula is C16H17F4N3. The second kappa shape index (κ2) is 5.94. The van der Waals surface area contributed by atoms with Gasteiger partial charge in [0.15, 0.2) is 0 Å². The number of fused-ring (bicyclic) bond motifs is 1. The topological polar surface area (TPSA) is 37.8 Å². The first-order chi connectivity index (χ1) is 10.8. The summed E-state index contributed by atoms with van der Waals surface area (Å²) < 4.78 is 52.5. The lowest BCUT2D eigenvalue weighted by atomic mass is 9.86. The van der Waals surface area contributed by atoms with E-state index in [1.54, 1.807) is 0 Å². The molecule has 1 aliphatic rings. The number of aromatic nitrogens is 2. The Kier molecular flexibility index (Phi) is 4.12. The Balaban J connectivity index is 2.06. The van der Waals surface area contributed by atoms with Gasteiger partial charge in [-0.25, -0.2) is 14.4 Å². The standard InChI is InChI=1S/C16H17F4N3/c1-9-4-2-3-5-12(9)21-14-11-8-10(17)6-7-13(11)22-15(23-14)16(18,19)20/h6-9,12H,2-5H2,1H3,(H,21,22,23). The first-order valence-corrected chi connectivity index (χ1v) is 7.65. The fraction of sp³-hybridized carbons (Fsp3) is 0.500. The van der Waals surface area contributed by atoms with Crippen molar-refractivity contribution in [3.63, 3.8) is 0 Å². The molecule has 2 aromatic rings. The van der Waals surface area contributed by atoms with Gasteiger partial charge in [0.25, 0.3) is 0 Å². The maximum atomic E-state index is 13.5. The average molecular weight is 327 g/mol. The number of alkyl halides is 3. The SMILES string of the molecule is CC1CCCCC1Nc1nc(C(F)(F)F)nc2ccc(F)cc12. The monoisotopic (exact) mass is 327 g/mol. The van der Waals surface area contributed by atoms with E-state index in [1.165, 1.54) is 12.1 Å². The van der Waals surface area contributed by atoms with Gasteiger partial charge in [0.1, 0.15) is 11.6 Å². The van der Waals surface area contributed by atoms with E-state index < -0.39 is 17.8 Å². The van der Waals surface area contributed by atoms with Gasteiger partial charge in [0.05, 0.1) is 5.52 Å². The molecule has 0 spiro atoms. The van der Waals surface area contributed by atoms with E-state index >= 15 is 0 Å². The largest absolute Gasteiger partial charge is 0.451 e. The smallest absolute Gasteiger partial charge is 0.366 e. The van der Waals surface area contributed by atoms with Crippen LogP contribution in [0.4, 0.5) is 23.4 Å². The van der Waals surface area contributed by atoms with Gasteiger partial charge in [-0.2, -0.15) is 13.2 Å². The van der Waals surface area contributed by atoms with Gasteiger partial charge in [0, 0.05) is 11.4 Å². The number of halogens is 4. The van der Waals surface area contributed by atoms with Crippen LogP contribution in [0.25, 0.3) is 10.9 Å². The first-order valence-electron chi connectivity index (χ1n) is 7.65. The summed E-state index contributed by atoms with van der Waals surface area (Å²) in [4.78, 5) is 7.15. The average Bonchev–Trinajstić information content (AvgIpc) is 2.48. The Morgan fingerprint density at radius 3 is 2.57 bits per heavy atom. The van der Waals surface area contributed by atoms with Gasteiger partial charge in [-0.1, -0.05) is 19.8 Å². The third-order valence-electron chi connectivity index (χ3n) is 4.34. The van der Waals surface area contributed by atoms with Crippen LogP contribution < -0.4 is 5.32 Å². The maximum absolute atomic E-state index is 13.5. The van der Waals surface area contributed by atoms with Gasteiger partial charge in [-0.05, 0) is 37.0 Å². The molecule has 1 aromatic carbocycles. The quantitative estimate of drug-likeness (QED) is 0.807. The number of hydrogen-bond acceptors (Lipinski definition) is 3. The normalized spacial score (nSPS) is 22.3. The van der Waals surface area contributed by atoms with Crippen molar-refractivity contribution in [2.24, 2.45) is 5.92 Å². The Bertz CT molecular complexity index is 714. The molecule has 23 heavy (non-hydrogen) atoms.